The molecule has 6 nitrogen and oxygen atoms in total. The molecule has 0 fully saturated rings. The first-order valence-electron chi connectivity index (χ1n) is 7.95. The summed E-state index contributed by atoms with van der Waals surface area (Å²) in [6.07, 6.45) is 0.879. The number of thioether (sulfide) groups is 1. The largest absolute Gasteiger partial charge is 0.351 e. The van der Waals surface area contributed by atoms with Crippen LogP contribution in [-0.4, -0.2) is 36.8 Å². The Morgan fingerprint density at radius 1 is 1.29 bits per heavy atom. The maximum Gasteiger partial charge on any atom is 0.230 e. The van der Waals surface area contributed by atoms with E-state index in [2.05, 4.69) is 27.3 Å². The van der Waals surface area contributed by atoms with Crippen LogP contribution in [0.5, 0.6) is 0 Å². The van der Waals surface area contributed by atoms with Crippen molar-refractivity contribution in [3.8, 4) is 0 Å². The van der Waals surface area contributed by atoms with Gasteiger partial charge < -0.3 is 5.32 Å². The molecular formula is C17H21N5OS. The van der Waals surface area contributed by atoms with Crippen molar-refractivity contribution in [2.75, 3.05) is 5.75 Å². The van der Waals surface area contributed by atoms with E-state index in [0.717, 1.165) is 23.0 Å². The van der Waals surface area contributed by atoms with E-state index in [1.807, 2.05) is 45.0 Å². The molecule has 24 heavy (non-hydrogen) atoms. The lowest BCUT2D eigenvalue weighted by Gasteiger charge is -2.24. The summed E-state index contributed by atoms with van der Waals surface area (Å²) in [5.41, 5.74) is 1.43. The molecule has 3 aromatic rings. The average Bonchev–Trinajstić information content (AvgIpc) is 2.94. The molecule has 0 aliphatic carbocycles. The first-order chi connectivity index (χ1) is 11.4. The van der Waals surface area contributed by atoms with Gasteiger partial charge >= 0.3 is 0 Å². The molecule has 0 atom stereocenters. The monoisotopic (exact) mass is 343 g/mol. The van der Waals surface area contributed by atoms with Gasteiger partial charge in [-0.2, -0.15) is 4.52 Å². The number of hydrogen-bond acceptors (Lipinski definition) is 5. The molecule has 0 unspecified atom stereocenters. The molecule has 0 aliphatic heterocycles. The van der Waals surface area contributed by atoms with E-state index < -0.39 is 0 Å². The van der Waals surface area contributed by atoms with E-state index in [9.17, 15) is 4.79 Å². The van der Waals surface area contributed by atoms with Gasteiger partial charge in [-0.25, -0.2) is 9.97 Å². The van der Waals surface area contributed by atoms with Gasteiger partial charge in [0.05, 0.1) is 11.3 Å². The van der Waals surface area contributed by atoms with Crippen LogP contribution in [0, 0.1) is 6.92 Å². The Morgan fingerprint density at radius 3 is 2.79 bits per heavy atom. The quantitative estimate of drug-likeness (QED) is 0.569. The molecule has 1 N–H and O–H groups in total. The van der Waals surface area contributed by atoms with Crippen LogP contribution in [-0.2, 0) is 4.79 Å². The number of nitrogens with zero attached hydrogens (tertiary/aromatic N) is 4. The predicted molar refractivity (Wildman–Crippen MR) is 96.3 cm³/mol. The van der Waals surface area contributed by atoms with Gasteiger partial charge in [0.25, 0.3) is 0 Å². The summed E-state index contributed by atoms with van der Waals surface area (Å²) >= 11 is 1.37. The van der Waals surface area contributed by atoms with Gasteiger partial charge in [0.1, 0.15) is 5.82 Å². The van der Waals surface area contributed by atoms with Crippen LogP contribution >= 0.6 is 11.8 Å². The van der Waals surface area contributed by atoms with Crippen molar-refractivity contribution >= 4 is 34.2 Å². The molecule has 1 aromatic carbocycles. The van der Waals surface area contributed by atoms with Crippen molar-refractivity contribution in [1.29, 1.82) is 0 Å². The van der Waals surface area contributed by atoms with Crippen LogP contribution in [0.15, 0.2) is 29.4 Å². The molecule has 0 spiro atoms. The minimum absolute atomic E-state index is 0.00760. The molecule has 7 heteroatoms. The van der Waals surface area contributed by atoms with E-state index in [-0.39, 0.29) is 11.4 Å². The SMILES string of the molecule is CCC(C)(C)NC(=O)CSc1nc2ccccc2c2nc(C)nn12. The number of hydrogen-bond donors (Lipinski definition) is 1. The second kappa shape index (κ2) is 6.39. The van der Waals surface area contributed by atoms with E-state index in [4.69, 9.17) is 0 Å². The molecular weight excluding hydrogens is 322 g/mol. The van der Waals surface area contributed by atoms with Gasteiger partial charge in [0.15, 0.2) is 10.8 Å². The summed E-state index contributed by atoms with van der Waals surface area (Å²) < 4.78 is 1.72. The Labute approximate surface area is 145 Å². The highest BCUT2D eigenvalue weighted by Crippen LogP contribution is 2.23. The van der Waals surface area contributed by atoms with Crippen LogP contribution in [0.25, 0.3) is 16.6 Å². The van der Waals surface area contributed by atoms with Crippen molar-refractivity contribution in [3.63, 3.8) is 0 Å². The van der Waals surface area contributed by atoms with Crippen molar-refractivity contribution in [3.05, 3.63) is 30.1 Å². The van der Waals surface area contributed by atoms with Gasteiger partial charge in [-0.15, -0.1) is 5.10 Å². The molecule has 2 aromatic heterocycles. The summed E-state index contributed by atoms with van der Waals surface area (Å²) in [6.45, 7) is 7.94. The lowest BCUT2D eigenvalue weighted by molar-refractivity contribution is -0.120. The van der Waals surface area contributed by atoms with Crippen LogP contribution in [0.1, 0.15) is 33.0 Å². The summed E-state index contributed by atoms with van der Waals surface area (Å²) in [6, 6.07) is 7.83. The normalized spacial score (nSPS) is 12.0. The third kappa shape index (κ3) is 3.36. The number of benzene rings is 1. The minimum Gasteiger partial charge on any atom is -0.351 e. The number of carbonyl (C=O) groups excluding carboxylic acids is 1. The minimum atomic E-state index is -0.201. The van der Waals surface area contributed by atoms with Crippen LogP contribution in [0.4, 0.5) is 0 Å². The summed E-state index contributed by atoms with van der Waals surface area (Å²) in [7, 11) is 0. The summed E-state index contributed by atoms with van der Waals surface area (Å²) in [5, 5.41) is 9.09. The second-order valence-corrected chi connectivity index (χ2v) is 7.32. The van der Waals surface area contributed by atoms with E-state index in [1.54, 1.807) is 4.52 Å². The van der Waals surface area contributed by atoms with Crippen LogP contribution in [0.3, 0.4) is 0 Å². The lowest BCUT2D eigenvalue weighted by atomic mass is 10.0. The fraction of sp³-hybridized carbons (Fsp3) is 0.412. The number of aryl methyl sites for hydroxylation is 1. The number of carbonyl (C=O) groups is 1. The van der Waals surface area contributed by atoms with Gasteiger partial charge in [-0.1, -0.05) is 30.8 Å². The van der Waals surface area contributed by atoms with Gasteiger partial charge in [0.2, 0.25) is 5.91 Å². The molecule has 0 bridgehead atoms. The van der Waals surface area contributed by atoms with Crippen molar-refractivity contribution in [2.45, 2.75) is 44.8 Å². The number of nitrogens with one attached hydrogen (secondary N) is 1. The van der Waals surface area contributed by atoms with Crippen LogP contribution < -0.4 is 5.32 Å². The van der Waals surface area contributed by atoms with Crippen molar-refractivity contribution in [1.82, 2.24) is 24.9 Å². The molecule has 2 heterocycles. The highest BCUT2D eigenvalue weighted by atomic mass is 32.2. The zero-order valence-corrected chi connectivity index (χ0v) is 15.1. The second-order valence-electron chi connectivity index (χ2n) is 6.38. The number of amides is 1. The number of aromatic nitrogens is 4. The smallest absolute Gasteiger partial charge is 0.230 e. The highest BCUT2D eigenvalue weighted by Gasteiger charge is 2.19. The summed E-state index contributed by atoms with van der Waals surface area (Å²) in [4.78, 5) is 21.3. The van der Waals surface area contributed by atoms with Crippen LogP contribution in [0.2, 0.25) is 0 Å². The molecule has 0 aliphatic rings. The Kier molecular flexibility index (Phi) is 4.45. The standard InChI is InChI=1S/C17H21N5OS/c1-5-17(3,4)20-14(23)10-24-16-19-13-9-7-6-8-12(13)15-18-11(2)21-22(15)16/h6-9H,5,10H2,1-4H3,(H,20,23). The fourth-order valence-corrected chi connectivity index (χ4v) is 3.10. The summed E-state index contributed by atoms with van der Waals surface area (Å²) in [5.74, 6) is 0.973. The topological polar surface area (TPSA) is 72.2 Å². The Bertz CT molecular complexity index is 903. The highest BCUT2D eigenvalue weighted by molar-refractivity contribution is 7.99. The van der Waals surface area contributed by atoms with E-state index in [1.165, 1.54) is 11.8 Å². The van der Waals surface area contributed by atoms with Crippen molar-refractivity contribution in [2.24, 2.45) is 0 Å². The Morgan fingerprint density at radius 2 is 2.04 bits per heavy atom. The third-order valence-electron chi connectivity index (χ3n) is 3.95. The van der Waals surface area contributed by atoms with Gasteiger partial charge in [0, 0.05) is 10.9 Å². The molecule has 126 valence electrons. The molecule has 0 saturated heterocycles. The van der Waals surface area contributed by atoms with E-state index in [0.29, 0.717) is 16.7 Å². The molecule has 0 radical (unpaired) electrons. The number of fused-ring (bicyclic) bond motifs is 3. The fourth-order valence-electron chi connectivity index (χ4n) is 2.36. The maximum absolute atomic E-state index is 12.2. The first-order valence-corrected chi connectivity index (χ1v) is 8.94. The first kappa shape index (κ1) is 16.7. The number of rotatable bonds is 5. The zero-order valence-electron chi connectivity index (χ0n) is 14.3. The Balaban J connectivity index is 1.90. The zero-order chi connectivity index (χ0) is 17.3. The molecule has 1 amide bonds. The lowest BCUT2D eigenvalue weighted by Crippen LogP contribution is -2.43. The van der Waals surface area contributed by atoms with Crippen molar-refractivity contribution < 1.29 is 4.79 Å². The predicted octanol–water partition coefficient (Wildman–Crippen LogP) is 2.98. The van der Waals surface area contributed by atoms with E-state index >= 15 is 0 Å². The maximum atomic E-state index is 12.2. The average molecular weight is 343 g/mol. The molecule has 3 rings (SSSR count). The number of para-hydroxylation sites is 1. The third-order valence-corrected chi connectivity index (χ3v) is 4.88. The van der Waals surface area contributed by atoms with Gasteiger partial charge in [-0.3, -0.25) is 4.79 Å². The van der Waals surface area contributed by atoms with Gasteiger partial charge in [-0.05, 0) is 39.3 Å². The molecule has 0 saturated carbocycles. The Hall–Kier alpha value is -2.15.